The zero-order chi connectivity index (χ0) is 15.6. The van der Waals surface area contributed by atoms with Crippen LogP contribution in [-0.4, -0.2) is 15.7 Å². The van der Waals surface area contributed by atoms with Gasteiger partial charge in [0.1, 0.15) is 17.5 Å². The van der Waals surface area contributed by atoms with E-state index in [0.717, 1.165) is 25.7 Å². The van der Waals surface area contributed by atoms with Crippen molar-refractivity contribution in [3.63, 3.8) is 0 Å². The van der Waals surface area contributed by atoms with Crippen molar-refractivity contribution < 1.29 is 4.79 Å². The van der Waals surface area contributed by atoms with Crippen molar-refractivity contribution in [3.05, 3.63) is 11.8 Å². The van der Waals surface area contributed by atoms with Gasteiger partial charge in [0.25, 0.3) is 0 Å². The number of amides is 1. The van der Waals surface area contributed by atoms with Crippen LogP contribution in [0.5, 0.6) is 0 Å². The highest BCUT2D eigenvalue weighted by Gasteiger charge is 2.32. The molecule has 1 aromatic rings. The lowest BCUT2D eigenvalue weighted by Crippen LogP contribution is -2.32. The molecule has 0 bridgehead atoms. The minimum absolute atomic E-state index is 0.0162. The van der Waals surface area contributed by atoms with E-state index in [9.17, 15) is 4.79 Å². The topological polar surface area (TPSA) is 70.7 Å². The second-order valence-corrected chi connectivity index (χ2v) is 7.05. The molecular formula is C16H24N4O. The first-order chi connectivity index (χ1) is 9.82. The SMILES string of the molecule is Cn1ncc(C#N)c1NC(=O)C1CCC(C(C)(C)C)CC1. The summed E-state index contributed by atoms with van der Waals surface area (Å²) in [5, 5.41) is 15.9. The molecule has 1 saturated carbocycles. The molecule has 0 unspecified atom stereocenters. The molecule has 1 fully saturated rings. The van der Waals surface area contributed by atoms with Gasteiger partial charge < -0.3 is 5.32 Å². The van der Waals surface area contributed by atoms with E-state index in [2.05, 4.69) is 37.3 Å². The van der Waals surface area contributed by atoms with E-state index in [0.29, 0.717) is 22.7 Å². The van der Waals surface area contributed by atoms with Gasteiger partial charge in [-0.1, -0.05) is 20.8 Å². The number of hydrogen-bond donors (Lipinski definition) is 1. The van der Waals surface area contributed by atoms with Gasteiger partial charge in [0.05, 0.1) is 6.20 Å². The van der Waals surface area contributed by atoms with Gasteiger partial charge in [-0.15, -0.1) is 0 Å². The van der Waals surface area contributed by atoms with Gasteiger partial charge in [0.2, 0.25) is 5.91 Å². The summed E-state index contributed by atoms with van der Waals surface area (Å²) in [7, 11) is 1.73. The van der Waals surface area contributed by atoms with Crippen LogP contribution in [0.4, 0.5) is 5.82 Å². The van der Waals surface area contributed by atoms with Crippen LogP contribution in [-0.2, 0) is 11.8 Å². The molecule has 5 nitrogen and oxygen atoms in total. The van der Waals surface area contributed by atoms with Crippen molar-refractivity contribution in [2.45, 2.75) is 46.5 Å². The van der Waals surface area contributed by atoms with Crippen molar-refractivity contribution in [2.75, 3.05) is 5.32 Å². The molecule has 114 valence electrons. The predicted molar refractivity (Wildman–Crippen MR) is 81.5 cm³/mol. The summed E-state index contributed by atoms with van der Waals surface area (Å²) in [4.78, 5) is 12.4. The zero-order valence-electron chi connectivity index (χ0n) is 13.3. The maximum atomic E-state index is 12.4. The van der Waals surface area contributed by atoms with Gasteiger partial charge in [-0.05, 0) is 37.0 Å². The molecule has 0 radical (unpaired) electrons. The number of nitriles is 1. The van der Waals surface area contributed by atoms with Crippen molar-refractivity contribution in [3.8, 4) is 6.07 Å². The Bertz CT molecular complexity index is 554. The van der Waals surface area contributed by atoms with Crippen LogP contribution in [0.25, 0.3) is 0 Å². The summed E-state index contributed by atoms with van der Waals surface area (Å²) >= 11 is 0. The summed E-state index contributed by atoms with van der Waals surface area (Å²) in [6.07, 6.45) is 5.52. The Hall–Kier alpha value is -1.83. The Balaban J connectivity index is 1.97. The molecule has 0 spiro atoms. The number of nitrogens with one attached hydrogen (secondary N) is 1. The monoisotopic (exact) mass is 288 g/mol. The molecule has 1 heterocycles. The lowest BCUT2D eigenvalue weighted by atomic mass is 9.69. The number of nitrogens with zero attached hydrogens (tertiary/aromatic N) is 3. The van der Waals surface area contributed by atoms with Crippen LogP contribution in [0.1, 0.15) is 52.0 Å². The van der Waals surface area contributed by atoms with Crippen LogP contribution >= 0.6 is 0 Å². The van der Waals surface area contributed by atoms with Crippen molar-refractivity contribution in [2.24, 2.45) is 24.3 Å². The average molecular weight is 288 g/mol. The fourth-order valence-electron chi connectivity index (χ4n) is 3.11. The first-order valence-corrected chi connectivity index (χ1v) is 7.56. The third-order valence-electron chi connectivity index (χ3n) is 4.62. The molecule has 1 aromatic heterocycles. The molecule has 0 aliphatic heterocycles. The fourth-order valence-corrected chi connectivity index (χ4v) is 3.11. The van der Waals surface area contributed by atoms with Crippen molar-refractivity contribution in [1.29, 1.82) is 5.26 Å². The molecule has 21 heavy (non-hydrogen) atoms. The van der Waals surface area contributed by atoms with E-state index in [1.165, 1.54) is 10.9 Å². The third kappa shape index (κ3) is 3.44. The van der Waals surface area contributed by atoms with Gasteiger partial charge in [-0.25, -0.2) is 0 Å². The van der Waals surface area contributed by atoms with E-state index in [-0.39, 0.29) is 11.8 Å². The Labute approximate surface area is 126 Å². The van der Waals surface area contributed by atoms with Crippen molar-refractivity contribution >= 4 is 11.7 Å². The second-order valence-electron chi connectivity index (χ2n) is 7.05. The number of hydrogen-bond acceptors (Lipinski definition) is 3. The molecule has 1 aliphatic carbocycles. The van der Waals surface area contributed by atoms with Crippen LogP contribution in [0.2, 0.25) is 0 Å². The quantitative estimate of drug-likeness (QED) is 0.909. The number of aromatic nitrogens is 2. The lowest BCUT2D eigenvalue weighted by Gasteiger charge is -2.36. The number of anilines is 1. The second kappa shape index (κ2) is 5.88. The molecule has 0 aromatic carbocycles. The summed E-state index contributed by atoms with van der Waals surface area (Å²) in [6, 6.07) is 2.05. The Morgan fingerprint density at radius 3 is 2.52 bits per heavy atom. The summed E-state index contributed by atoms with van der Waals surface area (Å²) in [5.41, 5.74) is 0.728. The largest absolute Gasteiger partial charge is 0.310 e. The van der Waals surface area contributed by atoms with Crippen LogP contribution < -0.4 is 5.32 Å². The lowest BCUT2D eigenvalue weighted by molar-refractivity contribution is -0.121. The van der Waals surface area contributed by atoms with Crippen LogP contribution in [0, 0.1) is 28.6 Å². The average Bonchev–Trinajstić information content (AvgIpc) is 2.79. The smallest absolute Gasteiger partial charge is 0.228 e. The van der Waals surface area contributed by atoms with Gasteiger partial charge in [-0.2, -0.15) is 10.4 Å². The van der Waals surface area contributed by atoms with Crippen LogP contribution in [0.3, 0.4) is 0 Å². The van der Waals surface area contributed by atoms with Gasteiger partial charge in [-0.3, -0.25) is 9.48 Å². The highest BCUT2D eigenvalue weighted by molar-refractivity contribution is 5.92. The standard InChI is InChI=1S/C16H24N4O/c1-16(2,3)13-7-5-11(6-8-13)15(21)19-14-12(9-17)10-18-20(14)4/h10-11,13H,5-8H2,1-4H3,(H,19,21). The number of rotatable bonds is 2. The van der Waals surface area contributed by atoms with Gasteiger partial charge in [0, 0.05) is 13.0 Å². The minimum Gasteiger partial charge on any atom is -0.310 e. The predicted octanol–water partition coefficient (Wildman–Crippen LogP) is 3.08. The summed E-state index contributed by atoms with van der Waals surface area (Å²) < 4.78 is 1.54. The molecule has 0 atom stereocenters. The summed E-state index contributed by atoms with van der Waals surface area (Å²) in [6.45, 7) is 6.81. The Morgan fingerprint density at radius 1 is 1.38 bits per heavy atom. The molecule has 1 amide bonds. The summed E-state index contributed by atoms with van der Waals surface area (Å²) in [5.74, 6) is 1.25. The highest BCUT2D eigenvalue weighted by Crippen LogP contribution is 2.40. The molecule has 2 rings (SSSR count). The fraction of sp³-hybridized carbons (Fsp3) is 0.688. The van der Waals surface area contributed by atoms with Gasteiger partial charge in [0.15, 0.2) is 0 Å². The zero-order valence-corrected chi connectivity index (χ0v) is 13.3. The Morgan fingerprint density at radius 2 is 2.00 bits per heavy atom. The normalized spacial score (nSPS) is 22.6. The molecule has 1 N–H and O–H groups in total. The van der Waals surface area contributed by atoms with Crippen LogP contribution in [0.15, 0.2) is 6.20 Å². The molecule has 5 heteroatoms. The maximum absolute atomic E-state index is 12.4. The van der Waals surface area contributed by atoms with E-state index < -0.39 is 0 Å². The number of carbonyl (C=O) groups excluding carboxylic acids is 1. The number of aryl methyl sites for hydroxylation is 1. The van der Waals surface area contributed by atoms with E-state index in [1.807, 2.05) is 0 Å². The number of carbonyl (C=O) groups is 1. The highest BCUT2D eigenvalue weighted by atomic mass is 16.2. The van der Waals surface area contributed by atoms with Gasteiger partial charge >= 0.3 is 0 Å². The van der Waals surface area contributed by atoms with E-state index in [4.69, 9.17) is 5.26 Å². The Kier molecular flexibility index (Phi) is 4.36. The first-order valence-electron chi connectivity index (χ1n) is 7.56. The molecule has 1 aliphatic rings. The first kappa shape index (κ1) is 15.6. The molecule has 0 saturated heterocycles. The maximum Gasteiger partial charge on any atom is 0.228 e. The van der Waals surface area contributed by atoms with E-state index >= 15 is 0 Å². The van der Waals surface area contributed by atoms with E-state index in [1.54, 1.807) is 7.05 Å². The minimum atomic E-state index is 0.0162. The molecular weight excluding hydrogens is 264 g/mol. The van der Waals surface area contributed by atoms with Crippen molar-refractivity contribution in [1.82, 2.24) is 9.78 Å². The third-order valence-corrected chi connectivity index (χ3v) is 4.62.